The van der Waals surface area contributed by atoms with Gasteiger partial charge in [0.25, 0.3) is 0 Å². The molecule has 1 aromatic carbocycles. The molecule has 3 heterocycles. The Labute approximate surface area is 150 Å². The fourth-order valence-corrected chi connectivity index (χ4v) is 4.64. The lowest BCUT2D eigenvalue weighted by Crippen LogP contribution is -2.62. The van der Waals surface area contributed by atoms with Gasteiger partial charge in [-0.25, -0.2) is 9.78 Å². The van der Waals surface area contributed by atoms with Gasteiger partial charge in [-0.05, 0) is 18.6 Å². The number of piperazine rings is 1. The molecule has 1 atom stereocenters. The molecule has 0 N–H and O–H groups in total. The number of ether oxygens (including phenoxy) is 1. The molecule has 4 rings (SSSR count). The van der Waals surface area contributed by atoms with E-state index in [1.54, 1.807) is 16.2 Å². The van der Waals surface area contributed by atoms with Crippen molar-refractivity contribution >= 4 is 33.6 Å². The van der Waals surface area contributed by atoms with Crippen molar-refractivity contribution in [1.29, 1.82) is 0 Å². The van der Waals surface area contributed by atoms with Gasteiger partial charge >= 0.3 is 6.09 Å². The lowest BCUT2D eigenvalue weighted by Gasteiger charge is -2.44. The third-order valence-electron chi connectivity index (χ3n) is 5.24. The van der Waals surface area contributed by atoms with Gasteiger partial charge in [-0.15, -0.1) is 11.3 Å². The Balaban J connectivity index is 1.40. The van der Waals surface area contributed by atoms with E-state index < -0.39 is 0 Å². The number of aromatic nitrogens is 1. The Hall–Kier alpha value is -2.15. The number of carbonyl (C=O) groups excluding carboxylic acids is 2. The number of fused-ring (bicyclic) bond motifs is 2. The molecule has 2 aromatic rings. The van der Waals surface area contributed by atoms with Gasteiger partial charge < -0.3 is 9.64 Å². The molecule has 0 radical (unpaired) electrons. The third kappa shape index (κ3) is 2.86. The van der Waals surface area contributed by atoms with Crippen LogP contribution in [0.4, 0.5) is 4.79 Å². The number of cyclic esters (lactones) is 1. The van der Waals surface area contributed by atoms with Crippen molar-refractivity contribution < 1.29 is 14.3 Å². The molecule has 6 nitrogen and oxygen atoms in total. The molecule has 2 aliphatic heterocycles. The molecule has 0 bridgehead atoms. The summed E-state index contributed by atoms with van der Waals surface area (Å²) in [6, 6.07) is 8.04. The summed E-state index contributed by atoms with van der Waals surface area (Å²) in [6.07, 6.45) is 1.66. The van der Waals surface area contributed by atoms with Crippen LogP contribution in [0.1, 0.15) is 24.8 Å². The predicted molar refractivity (Wildman–Crippen MR) is 95.6 cm³/mol. The molecular weight excluding hydrogens is 338 g/mol. The van der Waals surface area contributed by atoms with Crippen molar-refractivity contribution in [2.75, 3.05) is 26.2 Å². The Bertz CT molecular complexity index is 788. The Morgan fingerprint density at radius 2 is 2.20 bits per heavy atom. The standard InChI is InChI=1S/C18H21N3O3S/c1-2-18-11-20(9-10-21(18)17(23)24-12-18)16(22)8-7-15-19-13-5-3-4-6-14(13)25-15/h3-6H,2,7-12H2,1H3. The van der Waals surface area contributed by atoms with Crippen LogP contribution in [0.3, 0.4) is 0 Å². The second-order valence-electron chi connectivity index (χ2n) is 6.67. The smallest absolute Gasteiger partial charge is 0.410 e. The van der Waals surface area contributed by atoms with Gasteiger partial charge in [-0.3, -0.25) is 9.69 Å². The fourth-order valence-electron chi connectivity index (χ4n) is 3.68. The average Bonchev–Trinajstić information content (AvgIpc) is 3.20. The van der Waals surface area contributed by atoms with Gasteiger partial charge in [0.15, 0.2) is 0 Å². The minimum Gasteiger partial charge on any atom is -0.447 e. The van der Waals surface area contributed by atoms with E-state index in [1.807, 2.05) is 30.0 Å². The Morgan fingerprint density at radius 1 is 1.36 bits per heavy atom. The summed E-state index contributed by atoms with van der Waals surface area (Å²) >= 11 is 1.65. The number of benzene rings is 1. The zero-order chi connectivity index (χ0) is 17.4. The summed E-state index contributed by atoms with van der Waals surface area (Å²) in [4.78, 5) is 32.8. The van der Waals surface area contributed by atoms with Gasteiger partial charge in [0.1, 0.15) is 6.61 Å². The molecule has 0 aliphatic carbocycles. The van der Waals surface area contributed by atoms with E-state index in [1.165, 1.54) is 0 Å². The quantitative estimate of drug-likeness (QED) is 0.842. The molecule has 0 spiro atoms. The highest BCUT2D eigenvalue weighted by Crippen LogP contribution is 2.32. The first-order valence-corrected chi connectivity index (χ1v) is 9.49. The largest absolute Gasteiger partial charge is 0.447 e. The first kappa shape index (κ1) is 16.3. The number of hydrogen-bond donors (Lipinski definition) is 0. The lowest BCUT2D eigenvalue weighted by atomic mass is 9.92. The topological polar surface area (TPSA) is 62.7 Å². The first-order chi connectivity index (χ1) is 12.1. The number of thiazole rings is 1. The van der Waals surface area contributed by atoms with E-state index in [0.29, 0.717) is 39.1 Å². The van der Waals surface area contributed by atoms with Gasteiger partial charge in [0, 0.05) is 32.5 Å². The zero-order valence-corrected chi connectivity index (χ0v) is 15.1. The minimum absolute atomic E-state index is 0.131. The number of amides is 2. The highest BCUT2D eigenvalue weighted by atomic mass is 32.1. The van der Waals surface area contributed by atoms with E-state index in [2.05, 4.69) is 11.1 Å². The summed E-state index contributed by atoms with van der Waals surface area (Å²) in [5, 5.41) is 0.998. The molecule has 2 saturated heterocycles. The van der Waals surface area contributed by atoms with E-state index in [-0.39, 0.29) is 17.5 Å². The van der Waals surface area contributed by atoms with Crippen molar-refractivity contribution in [3.05, 3.63) is 29.3 Å². The molecule has 7 heteroatoms. The summed E-state index contributed by atoms with van der Waals surface area (Å²) < 4.78 is 6.38. The Morgan fingerprint density at radius 3 is 3.00 bits per heavy atom. The summed E-state index contributed by atoms with van der Waals surface area (Å²) in [5.74, 6) is 0.131. The summed E-state index contributed by atoms with van der Waals surface area (Å²) in [5.41, 5.74) is 0.649. The molecule has 132 valence electrons. The number of aryl methyl sites for hydroxylation is 1. The summed E-state index contributed by atoms with van der Waals surface area (Å²) in [6.45, 7) is 4.12. The second-order valence-corrected chi connectivity index (χ2v) is 7.79. The average molecular weight is 359 g/mol. The maximum Gasteiger partial charge on any atom is 0.410 e. The first-order valence-electron chi connectivity index (χ1n) is 8.68. The van der Waals surface area contributed by atoms with Gasteiger partial charge in [0.2, 0.25) is 5.91 Å². The molecule has 2 aliphatic rings. The maximum atomic E-state index is 12.7. The number of para-hydroxylation sites is 1. The Kier molecular flexibility index (Phi) is 4.11. The van der Waals surface area contributed by atoms with E-state index in [4.69, 9.17) is 4.74 Å². The van der Waals surface area contributed by atoms with Crippen molar-refractivity contribution in [3.8, 4) is 0 Å². The monoisotopic (exact) mass is 359 g/mol. The molecule has 0 saturated carbocycles. The van der Waals surface area contributed by atoms with Gasteiger partial charge in [-0.1, -0.05) is 19.1 Å². The lowest BCUT2D eigenvalue weighted by molar-refractivity contribution is -0.135. The third-order valence-corrected chi connectivity index (χ3v) is 6.33. The van der Waals surface area contributed by atoms with Crippen LogP contribution >= 0.6 is 11.3 Å². The molecule has 1 aromatic heterocycles. The molecule has 2 amide bonds. The van der Waals surface area contributed by atoms with Gasteiger partial charge in [0.05, 0.1) is 20.8 Å². The van der Waals surface area contributed by atoms with Crippen molar-refractivity contribution in [2.24, 2.45) is 0 Å². The van der Waals surface area contributed by atoms with Crippen LogP contribution in [0.2, 0.25) is 0 Å². The van der Waals surface area contributed by atoms with E-state index in [0.717, 1.165) is 21.6 Å². The van der Waals surface area contributed by atoms with Crippen LogP contribution in [0.15, 0.2) is 24.3 Å². The minimum atomic E-state index is -0.346. The number of hydrogen-bond acceptors (Lipinski definition) is 5. The maximum absolute atomic E-state index is 12.7. The van der Waals surface area contributed by atoms with Crippen molar-refractivity contribution in [2.45, 2.75) is 31.7 Å². The van der Waals surface area contributed by atoms with Crippen molar-refractivity contribution in [3.63, 3.8) is 0 Å². The number of rotatable bonds is 4. The normalized spacial score (nSPS) is 23.0. The van der Waals surface area contributed by atoms with Crippen LogP contribution in [-0.2, 0) is 16.0 Å². The number of carbonyl (C=O) groups is 2. The molecule has 25 heavy (non-hydrogen) atoms. The molecule has 2 fully saturated rings. The van der Waals surface area contributed by atoms with Crippen LogP contribution in [-0.4, -0.2) is 58.6 Å². The number of nitrogens with zero attached hydrogens (tertiary/aromatic N) is 3. The van der Waals surface area contributed by atoms with Crippen LogP contribution in [0.5, 0.6) is 0 Å². The second kappa shape index (κ2) is 6.29. The molecular formula is C18H21N3O3S. The van der Waals surface area contributed by atoms with Crippen LogP contribution in [0, 0.1) is 0 Å². The van der Waals surface area contributed by atoms with E-state index >= 15 is 0 Å². The molecule has 1 unspecified atom stereocenters. The summed E-state index contributed by atoms with van der Waals surface area (Å²) in [7, 11) is 0. The zero-order valence-electron chi connectivity index (χ0n) is 14.2. The highest BCUT2D eigenvalue weighted by Gasteiger charge is 2.50. The van der Waals surface area contributed by atoms with Crippen LogP contribution < -0.4 is 0 Å². The van der Waals surface area contributed by atoms with Gasteiger partial charge in [-0.2, -0.15) is 0 Å². The predicted octanol–water partition coefficient (Wildman–Crippen LogP) is 2.67. The fraction of sp³-hybridized carbons (Fsp3) is 0.500. The van der Waals surface area contributed by atoms with E-state index in [9.17, 15) is 9.59 Å². The van der Waals surface area contributed by atoms with Crippen molar-refractivity contribution in [1.82, 2.24) is 14.8 Å². The SMILES string of the molecule is CCC12COC(=O)N1CCN(C(=O)CCc1nc3ccccc3s1)C2. The highest BCUT2D eigenvalue weighted by molar-refractivity contribution is 7.18. The van der Waals surface area contributed by atoms with Crippen LogP contribution in [0.25, 0.3) is 10.2 Å².